The summed E-state index contributed by atoms with van der Waals surface area (Å²) in [7, 11) is 1.54. The van der Waals surface area contributed by atoms with Crippen LogP contribution in [0.4, 0.5) is 8.78 Å². The normalized spacial score (nSPS) is 15.1. The molecule has 0 aliphatic heterocycles. The van der Waals surface area contributed by atoms with Crippen LogP contribution in [0.5, 0.6) is 0 Å². The van der Waals surface area contributed by atoms with Crippen LogP contribution in [0.3, 0.4) is 0 Å². The molecule has 8 heteroatoms. The van der Waals surface area contributed by atoms with Gasteiger partial charge in [-0.05, 0) is 85.2 Å². The predicted molar refractivity (Wildman–Crippen MR) is 165 cm³/mol. The molecule has 1 aliphatic carbocycles. The van der Waals surface area contributed by atoms with Crippen LogP contribution in [0.2, 0.25) is 0 Å². The van der Waals surface area contributed by atoms with Crippen molar-refractivity contribution in [1.82, 2.24) is 15.5 Å². The summed E-state index contributed by atoms with van der Waals surface area (Å²) in [6, 6.07) is 15.7. The molecule has 0 unspecified atom stereocenters. The van der Waals surface area contributed by atoms with Crippen molar-refractivity contribution >= 4 is 11.8 Å². The van der Waals surface area contributed by atoms with Crippen LogP contribution in [0.15, 0.2) is 60.7 Å². The monoisotopic (exact) mass is 591 g/mol. The van der Waals surface area contributed by atoms with E-state index in [0.29, 0.717) is 23.2 Å². The molecule has 0 bridgehead atoms. The number of amides is 2. The van der Waals surface area contributed by atoms with E-state index in [2.05, 4.69) is 29.7 Å². The van der Waals surface area contributed by atoms with Gasteiger partial charge in [0.15, 0.2) is 0 Å². The number of nitrogens with zero attached hydrogens (tertiary/aromatic N) is 1. The van der Waals surface area contributed by atoms with Crippen molar-refractivity contribution in [3.63, 3.8) is 0 Å². The molecular formula is C35H43F2N3O3. The molecule has 0 heterocycles. The van der Waals surface area contributed by atoms with Gasteiger partial charge in [-0.2, -0.15) is 0 Å². The van der Waals surface area contributed by atoms with E-state index < -0.39 is 23.8 Å². The lowest BCUT2D eigenvalue weighted by Gasteiger charge is -2.42. The molecule has 43 heavy (non-hydrogen) atoms. The Morgan fingerprint density at radius 1 is 0.930 bits per heavy atom. The lowest BCUT2D eigenvalue weighted by molar-refractivity contribution is 0.0134. The molecule has 2 atom stereocenters. The number of aliphatic hydroxyl groups excluding tert-OH is 1. The molecule has 1 aliphatic rings. The largest absolute Gasteiger partial charge is 0.390 e. The Balaban J connectivity index is 1.69. The highest BCUT2D eigenvalue weighted by molar-refractivity contribution is 6.00. The summed E-state index contributed by atoms with van der Waals surface area (Å²) in [4.78, 5) is 28.6. The van der Waals surface area contributed by atoms with Crippen LogP contribution in [0.1, 0.15) is 82.0 Å². The molecule has 3 N–H and O–H groups in total. The van der Waals surface area contributed by atoms with Crippen LogP contribution < -0.4 is 10.6 Å². The van der Waals surface area contributed by atoms with E-state index >= 15 is 0 Å². The Hall–Kier alpha value is -3.62. The molecule has 1 saturated carbocycles. The summed E-state index contributed by atoms with van der Waals surface area (Å²) in [5, 5.41) is 17.7. The third-order valence-corrected chi connectivity index (χ3v) is 8.27. The van der Waals surface area contributed by atoms with Gasteiger partial charge in [-0.1, -0.05) is 50.5 Å². The average Bonchev–Trinajstić information content (AvgIpc) is 3.00. The summed E-state index contributed by atoms with van der Waals surface area (Å²) in [6.45, 7) is 4.62. The predicted octanol–water partition coefficient (Wildman–Crippen LogP) is 5.73. The molecular weight excluding hydrogens is 548 g/mol. The van der Waals surface area contributed by atoms with Crippen molar-refractivity contribution < 1.29 is 23.5 Å². The fraction of sp³-hybridized carbons (Fsp3) is 0.429. The highest BCUT2D eigenvalue weighted by Gasteiger charge is 2.36. The van der Waals surface area contributed by atoms with Crippen molar-refractivity contribution in [3.05, 3.63) is 106 Å². The highest BCUT2D eigenvalue weighted by atomic mass is 19.1. The van der Waals surface area contributed by atoms with Gasteiger partial charge in [-0.25, -0.2) is 8.78 Å². The average molecular weight is 592 g/mol. The van der Waals surface area contributed by atoms with E-state index in [1.54, 1.807) is 23.1 Å². The molecule has 230 valence electrons. The topological polar surface area (TPSA) is 81.7 Å². The van der Waals surface area contributed by atoms with Gasteiger partial charge in [0, 0.05) is 43.4 Å². The molecule has 3 aromatic rings. The first kappa shape index (κ1) is 32.3. The first-order chi connectivity index (χ1) is 20.7. The molecule has 1 fully saturated rings. The number of halogens is 2. The SMILES string of the molecule is CCc1cccc(CNC[C@@H](O)[C@H](Cc2cc(F)cc(F)c2)N(C(=O)c2cc(C)cc(C(=O)NC)c2)C2CCCCC2)c1. The lowest BCUT2D eigenvalue weighted by Crippen LogP contribution is -2.55. The summed E-state index contributed by atoms with van der Waals surface area (Å²) >= 11 is 0. The third-order valence-electron chi connectivity index (χ3n) is 8.27. The Morgan fingerprint density at radius 3 is 2.28 bits per heavy atom. The van der Waals surface area contributed by atoms with Gasteiger partial charge in [0.2, 0.25) is 0 Å². The molecule has 4 rings (SSSR count). The Labute approximate surface area is 253 Å². The molecule has 0 aromatic heterocycles. The molecule has 2 amide bonds. The van der Waals surface area contributed by atoms with Crippen molar-refractivity contribution in [2.24, 2.45) is 0 Å². The minimum absolute atomic E-state index is 0.0687. The minimum Gasteiger partial charge on any atom is -0.390 e. The summed E-state index contributed by atoms with van der Waals surface area (Å²) in [5.74, 6) is -2.02. The maximum atomic E-state index is 14.4. The van der Waals surface area contributed by atoms with Crippen LogP contribution in [-0.2, 0) is 19.4 Å². The number of aryl methyl sites for hydroxylation is 2. The van der Waals surface area contributed by atoms with Crippen LogP contribution in [0.25, 0.3) is 0 Å². The van der Waals surface area contributed by atoms with Crippen LogP contribution >= 0.6 is 0 Å². The maximum absolute atomic E-state index is 14.4. The number of benzene rings is 3. The van der Waals surface area contributed by atoms with Crippen molar-refractivity contribution in [1.29, 1.82) is 0 Å². The molecule has 3 aromatic carbocycles. The van der Waals surface area contributed by atoms with Gasteiger partial charge in [0.25, 0.3) is 11.8 Å². The maximum Gasteiger partial charge on any atom is 0.254 e. The van der Waals surface area contributed by atoms with Gasteiger partial charge in [0.1, 0.15) is 11.6 Å². The van der Waals surface area contributed by atoms with E-state index in [4.69, 9.17) is 0 Å². The number of nitrogens with one attached hydrogen (secondary N) is 2. The summed E-state index contributed by atoms with van der Waals surface area (Å²) in [6.07, 6.45) is 4.42. The van der Waals surface area contributed by atoms with Gasteiger partial charge < -0.3 is 20.6 Å². The fourth-order valence-electron chi connectivity index (χ4n) is 6.13. The first-order valence-electron chi connectivity index (χ1n) is 15.3. The Kier molecular flexibility index (Phi) is 11.4. The minimum atomic E-state index is -1.03. The van der Waals surface area contributed by atoms with Crippen molar-refractivity contribution in [2.45, 2.75) is 83.5 Å². The Bertz CT molecular complexity index is 1390. The number of hydrogen-bond donors (Lipinski definition) is 3. The second-order valence-corrected chi connectivity index (χ2v) is 11.6. The number of carbonyl (C=O) groups is 2. The molecule has 0 saturated heterocycles. The van der Waals surface area contributed by atoms with E-state index in [9.17, 15) is 23.5 Å². The first-order valence-corrected chi connectivity index (χ1v) is 15.3. The van der Waals surface area contributed by atoms with Crippen LogP contribution in [-0.4, -0.2) is 53.6 Å². The quantitative estimate of drug-likeness (QED) is 0.251. The zero-order chi connectivity index (χ0) is 30.9. The van der Waals surface area contributed by atoms with E-state index in [1.807, 2.05) is 19.1 Å². The molecule has 0 spiro atoms. The van der Waals surface area contributed by atoms with Crippen molar-refractivity contribution in [3.8, 4) is 0 Å². The van der Waals surface area contributed by atoms with Gasteiger partial charge in [-0.3, -0.25) is 9.59 Å². The molecule has 6 nitrogen and oxygen atoms in total. The van der Waals surface area contributed by atoms with Gasteiger partial charge >= 0.3 is 0 Å². The smallest absolute Gasteiger partial charge is 0.254 e. The van der Waals surface area contributed by atoms with Gasteiger partial charge in [0.05, 0.1) is 12.1 Å². The number of rotatable bonds is 12. The summed E-state index contributed by atoms with van der Waals surface area (Å²) in [5.41, 5.74) is 4.13. The molecule has 0 radical (unpaired) electrons. The number of carbonyl (C=O) groups excluding carboxylic acids is 2. The zero-order valence-corrected chi connectivity index (χ0v) is 25.3. The lowest BCUT2D eigenvalue weighted by atomic mass is 9.89. The zero-order valence-electron chi connectivity index (χ0n) is 25.3. The van der Waals surface area contributed by atoms with Gasteiger partial charge in [-0.15, -0.1) is 0 Å². The Morgan fingerprint density at radius 2 is 1.60 bits per heavy atom. The fourth-order valence-corrected chi connectivity index (χ4v) is 6.13. The van der Waals surface area contributed by atoms with E-state index in [0.717, 1.165) is 55.7 Å². The second-order valence-electron chi connectivity index (χ2n) is 11.6. The number of hydrogen-bond acceptors (Lipinski definition) is 4. The van der Waals surface area contributed by atoms with E-state index in [-0.39, 0.29) is 30.8 Å². The van der Waals surface area contributed by atoms with E-state index in [1.165, 1.54) is 24.7 Å². The van der Waals surface area contributed by atoms with Crippen molar-refractivity contribution in [2.75, 3.05) is 13.6 Å². The third kappa shape index (κ3) is 8.71. The highest BCUT2D eigenvalue weighted by Crippen LogP contribution is 2.29. The standard InChI is InChI=1S/C35H43F2N3O3/c1-4-24-9-8-10-25(15-24)21-39-22-33(41)32(18-26-16-29(36)20-30(37)17-26)40(31-11-6-5-7-12-31)35(43)28-14-23(2)13-27(19-28)34(42)38-3/h8-10,13-17,19-20,31-33,39,41H,4-7,11-12,18,21-22H2,1-3H3,(H,38,42)/t32-,33+/m0/s1. The number of aliphatic hydroxyl groups is 1. The van der Waals surface area contributed by atoms with Crippen LogP contribution in [0, 0.1) is 18.6 Å². The summed E-state index contributed by atoms with van der Waals surface area (Å²) < 4.78 is 28.6. The second kappa shape index (κ2) is 15.2.